The van der Waals surface area contributed by atoms with Crippen LogP contribution in [0.1, 0.15) is 11.1 Å². The van der Waals surface area contributed by atoms with E-state index in [0.717, 1.165) is 40.8 Å². The first-order valence-electron chi connectivity index (χ1n) is 10.4. The maximum Gasteiger partial charge on any atom is 0.237 e. The first-order valence-corrected chi connectivity index (χ1v) is 11.4. The Hall–Kier alpha value is -3.31. The van der Waals surface area contributed by atoms with E-state index in [-0.39, 0.29) is 5.91 Å². The van der Waals surface area contributed by atoms with E-state index in [9.17, 15) is 4.79 Å². The van der Waals surface area contributed by atoms with Crippen molar-refractivity contribution in [3.63, 3.8) is 0 Å². The molecule has 4 aromatic rings. The summed E-state index contributed by atoms with van der Waals surface area (Å²) >= 11 is 1.49. The molecule has 4 nitrogen and oxygen atoms in total. The third-order valence-electron chi connectivity index (χ3n) is 5.60. The van der Waals surface area contributed by atoms with Crippen LogP contribution < -0.4 is 4.90 Å². The van der Waals surface area contributed by atoms with Crippen molar-refractivity contribution in [2.75, 3.05) is 17.2 Å². The van der Waals surface area contributed by atoms with Gasteiger partial charge in [-0.3, -0.25) is 9.36 Å². The molecular weight excluding hydrogens is 402 g/mol. The van der Waals surface area contributed by atoms with E-state index in [1.807, 2.05) is 47.5 Å². The van der Waals surface area contributed by atoms with Gasteiger partial charge in [0.2, 0.25) is 5.91 Å². The summed E-state index contributed by atoms with van der Waals surface area (Å²) in [4.78, 5) is 19.6. The van der Waals surface area contributed by atoms with Crippen LogP contribution in [0.15, 0.2) is 90.2 Å². The molecule has 0 unspecified atom stereocenters. The van der Waals surface area contributed by atoms with Crippen LogP contribution in [-0.4, -0.2) is 27.8 Å². The van der Waals surface area contributed by atoms with Crippen molar-refractivity contribution in [1.82, 2.24) is 9.55 Å². The number of amides is 1. The molecule has 1 aliphatic rings. The van der Waals surface area contributed by atoms with E-state index in [2.05, 4.69) is 58.9 Å². The molecule has 1 aromatic heterocycles. The minimum atomic E-state index is 0.120. The number of hydrogen-bond acceptors (Lipinski definition) is 3. The minimum absolute atomic E-state index is 0.120. The molecule has 0 bridgehead atoms. The standard InChI is InChI=1S/C26H23N3OS/c1-19-11-13-21(14-12-19)24-17-27-26(29(24)22-8-3-2-4-9-22)31-18-25(30)28-16-15-20-7-5-6-10-23(20)28/h2-14,17H,15-16,18H2,1H3. The van der Waals surface area contributed by atoms with Crippen molar-refractivity contribution >= 4 is 23.4 Å². The largest absolute Gasteiger partial charge is 0.311 e. The summed E-state index contributed by atoms with van der Waals surface area (Å²) in [5, 5.41) is 0.822. The molecule has 0 aliphatic carbocycles. The van der Waals surface area contributed by atoms with Gasteiger partial charge in [0, 0.05) is 23.5 Å². The quantitative estimate of drug-likeness (QED) is 0.395. The lowest BCUT2D eigenvalue weighted by Crippen LogP contribution is -2.30. The molecule has 0 radical (unpaired) electrons. The summed E-state index contributed by atoms with van der Waals surface area (Å²) < 4.78 is 2.14. The molecule has 2 heterocycles. The number of hydrogen-bond donors (Lipinski definition) is 0. The number of benzene rings is 3. The number of nitrogens with zero attached hydrogens (tertiary/aromatic N) is 3. The number of carbonyl (C=O) groups excluding carboxylic acids is 1. The van der Waals surface area contributed by atoms with Crippen LogP contribution in [0.5, 0.6) is 0 Å². The fourth-order valence-electron chi connectivity index (χ4n) is 3.99. The van der Waals surface area contributed by atoms with Crippen LogP contribution in [0.3, 0.4) is 0 Å². The number of aryl methyl sites for hydroxylation is 1. The Morgan fingerprint density at radius 1 is 0.968 bits per heavy atom. The molecule has 5 rings (SSSR count). The third kappa shape index (κ3) is 3.89. The Morgan fingerprint density at radius 3 is 2.52 bits per heavy atom. The lowest BCUT2D eigenvalue weighted by molar-refractivity contribution is -0.116. The molecule has 1 amide bonds. The van der Waals surface area contributed by atoms with Crippen molar-refractivity contribution in [2.24, 2.45) is 0 Å². The van der Waals surface area contributed by atoms with Gasteiger partial charge < -0.3 is 4.90 Å². The fraction of sp³-hybridized carbons (Fsp3) is 0.154. The van der Waals surface area contributed by atoms with Crippen molar-refractivity contribution in [3.05, 3.63) is 96.2 Å². The second-order valence-electron chi connectivity index (χ2n) is 7.68. The Balaban J connectivity index is 1.43. The highest BCUT2D eigenvalue weighted by Gasteiger charge is 2.25. The van der Waals surface area contributed by atoms with Gasteiger partial charge in [0.1, 0.15) is 0 Å². The van der Waals surface area contributed by atoms with Crippen molar-refractivity contribution in [1.29, 1.82) is 0 Å². The number of aromatic nitrogens is 2. The summed E-state index contributed by atoms with van der Waals surface area (Å²) in [5.74, 6) is 0.473. The summed E-state index contributed by atoms with van der Waals surface area (Å²) in [6, 6.07) is 26.8. The molecule has 0 spiro atoms. The molecule has 1 aliphatic heterocycles. The van der Waals surface area contributed by atoms with Gasteiger partial charge >= 0.3 is 0 Å². The van der Waals surface area contributed by atoms with E-state index in [1.165, 1.54) is 22.9 Å². The molecule has 31 heavy (non-hydrogen) atoms. The Morgan fingerprint density at radius 2 is 1.71 bits per heavy atom. The number of thioether (sulfide) groups is 1. The van der Waals surface area contributed by atoms with Crippen LogP contribution in [0.4, 0.5) is 5.69 Å². The molecule has 5 heteroatoms. The zero-order valence-electron chi connectivity index (χ0n) is 17.4. The van der Waals surface area contributed by atoms with Gasteiger partial charge in [-0.1, -0.05) is 78.0 Å². The van der Waals surface area contributed by atoms with Gasteiger partial charge in [-0.05, 0) is 37.1 Å². The molecule has 0 saturated carbocycles. The molecule has 0 fully saturated rings. The van der Waals surface area contributed by atoms with E-state index < -0.39 is 0 Å². The SMILES string of the molecule is Cc1ccc(-c2cnc(SCC(=O)N3CCc4ccccc43)n2-c2ccccc2)cc1. The lowest BCUT2D eigenvalue weighted by atomic mass is 10.1. The van der Waals surface area contributed by atoms with Crippen molar-refractivity contribution < 1.29 is 4.79 Å². The fourth-order valence-corrected chi connectivity index (χ4v) is 4.86. The zero-order valence-corrected chi connectivity index (χ0v) is 18.2. The van der Waals surface area contributed by atoms with Gasteiger partial charge in [-0.15, -0.1) is 0 Å². The van der Waals surface area contributed by atoms with Gasteiger partial charge in [0.05, 0.1) is 17.6 Å². The molecule has 0 atom stereocenters. The molecule has 154 valence electrons. The Bertz CT molecular complexity index is 1220. The highest BCUT2D eigenvalue weighted by Crippen LogP contribution is 2.32. The first kappa shape index (κ1) is 19.6. The van der Waals surface area contributed by atoms with E-state index >= 15 is 0 Å². The number of fused-ring (bicyclic) bond motifs is 1. The smallest absolute Gasteiger partial charge is 0.237 e. The van der Waals surface area contributed by atoms with Gasteiger partial charge in [-0.25, -0.2) is 4.98 Å². The predicted octanol–water partition coefficient (Wildman–Crippen LogP) is 5.53. The van der Waals surface area contributed by atoms with E-state index in [1.54, 1.807) is 0 Å². The number of para-hydroxylation sites is 2. The normalized spacial score (nSPS) is 12.7. The van der Waals surface area contributed by atoms with E-state index in [0.29, 0.717) is 5.75 Å². The molecule has 0 N–H and O–H groups in total. The third-order valence-corrected chi connectivity index (χ3v) is 6.54. The number of imidazole rings is 1. The minimum Gasteiger partial charge on any atom is -0.311 e. The molecule has 0 saturated heterocycles. The average molecular weight is 426 g/mol. The summed E-state index contributed by atoms with van der Waals surface area (Å²) in [5.41, 5.74) is 6.67. The van der Waals surface area contributed by atoms with Crippen LogP contribution >= 0.6 is 11.8 Å². The van der Waals surface area contributed by atoms with Crippen molar-refractivity contribution in [2.45, 2.75) is 18.5 Å². The van der Waals surface area contributed by atoms with Crippen LogP contribution in [0.2, 0.25) is 0 Å². The van der Waals surface area contributed by atoms with E-state index in [4.69, 9.17) is 0 Å². The average Bonchev–Trinajstić information content (AvgIpc) is 3.43. The highest BCUT2D eigenvalue weighted by molar-refractivity contribution is 7.99. The van der Waals surface area contributed by atoms with Gasteiger partial charge in [0.25, 0.3) is 0 Å². The Labute approximate surface area is 186 Å². The molecule has 3 aromatic carbocycles. The van der Waals surface area contributed by atoms with Crippen LogP contribution in [0.25, 0.3) is 16.9 Å². The number of anilines is 1. The summed E-state index contributed by atoms with van der Waals surface area (Å²) in [6.07, 6.45) is 2.82. The van der Waals surface area contributed by atoms with Crippen LogP contribution in [0, 0.1) is 6.92 Å². The zero-order chi connectivity index (χ0) is 21.2. The summed E-state index contributed by atoms with van der Waals surface area (Å²) in [6.45, 7) is 2.84. The predicted molar refractivity (Wildman–Crippen MR) is 127 cm³/mol. The summed E-state index contributed by atoms with van der Waals surface area (Å²) in [7, 11) is 0. The maximum absolute atomic E-state index is 13.0. The van der Waals surface area contributed by atoms with Crippen molar-refractivity contribution in [3.8, 4) is 16.9 Å². The van der Waals surface area contributed by atoms with Gasteiger partial charge in [0.15, 0.2) is 5.16 Å². The highest BCUT2D eigenvalue weighted by atomic mass is 32.2. The second kappa shape index (κ2) is 8.44. The first-order chi connectivity index (χ1) is 15.2. The van der Waals surface area contributed by atoms with Crippen LogP contribution in [-0.2, 0) is 11.2 Å². The second-order valence-corrected chi connectivity index (χ2v) is 8.62. The topological polar surface area (TPSA) is 38.1 Å². The lowest BCUT2D eigenvalue weighted by Gasteiger charge is -2.17. The maximum atomic E-state index is 13.0. The van der Waals surface area contributed by atoms with Gasteiger partial charge in [-0.2, -0.15) is 0 Å². The molecular formula is C26H23N3OS. The number of rotatable bonds is 5. The Kier molecular flexibility index (Phi) is 5.35. The number of carbonyl (C=O) groups is 1. The monoisotopic (exact) mass is 425 g/mol.